The first-order valence-corrected chi connectivity index (χ1v) is 11.6. The van der Waals surface area contributed by atoms with Crippen molar-refractivity contribution < 1.29 is 14.2 Å². The van der Waals surface area contributed by atoms with Crippen LogP contribution in [-0.4, -0.2) is 24.6 Å². The molecule has 164 valence electrons. The quantitative estimate of drug-likeness (QED) is 0.383. The van der Waals surface area contributed by atoms with E-state index < -0.39 is 0 Å². The van der Waals surface area contributed by atoms with Crippen LogP contribution in [0.1, 0.15) is 29.5 Å². The largest absolute Gasteiger partial charge is 0.477 e. The van der Waals surface area contributed by atoms with Gasteiger partial charge < -0.3 is 9.63 Å². The van der Waals surface area contributed by atoms with E-state index in [2.05, 4.69) is 15.1 Å². The van der Waals surface area contributed by atoms with Crippen molar-refractivity contribution in [2.45, 2.75) is 25.3 Å². The average molecular weight is 479 g/mol. The molecule has 8 nitrogen and oxygen atoms in total. The first kappa shape index (κ1) is 20.1. The second-order valence-corrected chi connectivity index (χ2v) is 9.61. The molecule has 0 spiro atoms. The number of benzene rings is 1. The van der Waals surface area contributed by atoms with Gasteiger partial charge in [-0.2, -0.15) is 14.0 Å². The van der Waals surface area contributed by atoms with Gasteiger partial charge >= 0.3 is 5.56 Å². The topological polar surface area (TPSA) is 97.4 Å². The molecular formula is C23H17ClN5O3S+. The van der Waals surface area contributed by atoms with E-state index in [4.69, 9.17) is 16.1 Å². The molecule has 0 amide bonds. The molecule has 33 heavy (non-hydrogen) atoms. The number of pyridine rings is 1. The SMILES string of the molecule is O=c1c(-c2cccc(-c3noc(C4CC4)n3)c2)c(O)[n+](Cc2cnc(Cl)s2)c2ccccn12. The van der Waals surface area contributed by atoms with Crippen molar-refractivity contribution in [1.82, 2.24) is 19.5 Å². The van der Waals surface area contributed by atoms with Crippen LogP contribution < -0.4 is 10.1 Å². The lowest BCUT2D eigenvalue weighted by Crippen LogP contribution is -2.41. The monoisotopic (exact) mass is 478 g/mol. The maximum absolute atomic E-state index is 13.4. The Labute approximate surface area is 196 Å². The molecule has 4 aromatic heterocycles. The molecule has 5 aromatic rings. The highest BCUT2D eigenvalue weighted by Crippen LogP contribution is 2.39. The predicted octanol–water partition coefficient (Wildman–Crippen LogP) is 4.05. The zero-order chi connectivity index (χ0) is 22.5. The minimum absolute atomic E-state index is 0.139. The summed E-state index contributed by atoms with van der Waals surface area (Å²) in [6, 6.07) is 12.6. The lowest BCUT2D eigenvalue weighted by molar-refractivity contribution is -0.671. The van der Waals surface area contributed by atoms with Gasteiger partial charge in [0.1, 0.15) is 6.54 Å². The Bertz CT molecular complexity index is 1570. The van der Waals surface area contributed by atoms with Gasteiger partial charge in [0.25, 0.3) is 11.5 Å². The standard InChI is InChI=1S/C23H16ClN5O3S/c24-23-25-11-16(33-23)12-29-17-6-1-2-9-28(17)21(30)18(22(29)31)14-4-3-5-15(10-14)19-26-20(32-27-19)13-7-8-13/h1-6,9-11,13H,7-8,12H2/p+1. The molecule has 1 N–H and O–H groups in total. The van der Waals surface area contributed by atoms with E-state index in [1.165, 1.54) is 15.7 Å². The van der Waals surface area contributed by atoms with E-state index in [0.717, 1.165) is 17.7 Å². The zero-order valence-electron chi connectivity index (χ0n) is 17.2. The Morgan fingerprint density at radius 3 is 2.85 bits per heavy atom. The predicted molar refractivity (Wildman–Crippen MR) is 122 cm³/mol. The molecule has 0 atom stereocenters. The van der Waals surface area contributed by atoms with Crippen LogP contribution in [0.15, 0.2) is 64.2 Å². The van der Waals surface area contributed by atoms with Gasteiger partial charge in [0.15, 0.2) is 10.0 Å². The Morgan fingerprint density at radius 2 is 2.06 bits per heavy atom. The minimum atomic E-state index is -0.328. The Hall–Kier alpha value is -3.56. The fourth-order valence-electron chi connectivity index (χ4n) is 3.87. The van der Waals surface area contributed by atoms with Crippen LogP contribution in [0.3, 0.4) is 0 Å². The molecule has 0 bridgehead atoms. The molecule has 10 heteroatoms. The third-order valence-electron chi connectivity index (χ3n) is 5.64. The summed E-state index contributed by atoms with van der Waals surface area (Å²) in [7, 11) is 0. The second-order valence-electron chi connectivity index (χ2n) is 7.91. The van der Waals surface area contributed by atoms with Crippen LogP contribution in [0.2, 0.25) is 4.47 Å². The van der Waals surface area contributed by atoms with Crippen molar-refractivity contribution in [2.75, 3.05) is 0 Å². The maximum Gasteiger partial charge on any atom is 0.354 e. The Morgan fingerprint density at radius 1 is 1.21 bits per heavy atom. The molecule has 1 aliphatic carbocycles. The van der Waals surface area contributed by atoms with Crippen LogP contribution in [0, 0.1) is 0 Å². The van der Waals surface area contributed by atoms with Gasteiger partial charge in [-0.05, 0) is 30.5 Å². The first-order chi connectivity index (χ1) is 16.1. The number of nitrogens with zero attached hydrogens (tertiary/aromatic N) is 5. The minimum Gasteiger partial charge on any atom is -0.477 e. The van der Waals surface area contributed by atoms with Gasteiger partial charge in [-0.3, -0.25) is 0 Å². The van der Waals surface area contributed by atoms with E-state index >= 15 is 0 Å². The summed E-state index contributed by atoms with van der Waals surface area (Å²) in [6.07, 6.45) is 5.47. The van der Waals surface area contributed by atoms with E-state index in [1.54, 1.807) is 41.2 Å². The molecule has 0 unspecified atom stereocenters. The van der Waals surface area contributed by atoms with Crippen molar-refractivity contribution in [1.29, 1.82) is 0 Å². The van der Waals surface area contributed by atoms with Gasteiger partial charge in [-0.25, -0.2) is 9.78 Å². The average Bonchev–Trinajstić information content (AvgIpc) is 3.41. The second kappa shape index (κ2) is 7.79. The molecule has 6 rings (SSSR count). The maximum atomic E-state index is 13.4. The molecule has 0 aliphatic heterocycles. The highest BCUT2D eigenvalue weighted by atomic mass is 35.5. The lowest BCUT2D eigenvalue weighted by Gasteiger charge is -2.09. The third-order valence-corrected chi connectivity index (χ3v) is 6.74. The lowest BCUT2D eigenvalue weighted by atomic mass is 10.0. The van der Waals surface area contributed by atoms with Crippen LogP contribution in [0.25, 0.3) is 28.2 Å². The van der Waals surface area contributed by atoms with Crippen molar-refractivity contribution >= 4 is 28.6 Å². The fourth-order valence-corrected chi connectivity index (χ4v) is 4.84. The highest BCUT2D eigenvalue weighted by molar-refractivity contribution is 7.15. The molecule has 1 aliphatic rings. The van der Waals surface area contributed by atoms with E-state index in [-0.39, 0.29) is 17.0 Å². The summed E-state index contributed by atoms with van der Waals surface area (Å²) in [4.78, 5) is 22.9. The summed E-state index contributed by atoms with van der Waals surface area (Å²) in [5.41, 5.74) is 1.67. The van der Waals surface area contributed by atoms with E-state index in [9.17, 15) is 9.90 Å². The van der Waals surface area contributed by atoms with Crippen molar-refractivity contribution in [3.8, 4) is 28.4 Å². The number of thiazole rings is 1. The number of rotatable bonds is 5. The Balaban J connectivity index is 1.51. The smallest absolute Gasteiger partial charge is 0.354 e. The first-order valence-electron chi connectivity index (χ1n) is 10.4. The van der Waals surface area contributed by atoms with Gasteiger partial charge in [0.2, 0.25) is 11.7 Å². The normalized spacial score (nSPS) is 13.6. The van der Waals surface area contributed by atoms with Crippen molar-refractivity contribution in [2.24, 2.45) is 0 Å². The third kappa shape index (κ3) is 3.59. The number of halogens is 1. The molecule has 1 saturated carbocycles. The highest BCUT2D eigenvalue weighted by Gasteiger charge is 2.30. The van der Waals surface area contributed by atoms with E-state index in [1.807, 2.05) is 18.2 Å². The van der Waals surface area contributed by atoms with E-state index in [0.29, 0.717) is 45.4 Å². The van der Waals surface area contributed by atoms with Gasteiger partial charge in [-0.1, -0.05) is 41.0 Å². The molecule has 1 fully saturated rings. The zero-order valence-corrected chi connectivity index (χ0v) is 18.8. The summed E-state index contributed by atoms with van der Waals surface area (Å²) >= 11 is 7.32. The van der Waals surface area contributed by atoms with Crippen LogP contribution in [0.4, 0.5) is 0 Å². The van der Waals surface area contributed by atoms with Crippen LogP contribution in [-0.2, 0) is 6.54 Å². The number of fused-ring (bicyclic) bond motifs is 1. The summed E-state index contributed by atoms with van der Waals surface area (Å²) in [5.74, 6) is 1.32. The molecule has 1 aromatic carbocycles. The Kier molecular flexibility index (Phi) is 4.74. The fraction of sp³-hybridized carbons (Fsp3) is 0.174. The number of hydrogen-bond acceptors (Lipinski definition) is 7. The van der Waals surface area contributed by atoms with Gasteiger partial charge in [-0.15, -0.1) is 11.3 Å². The van der Waals surface area contributed by atoms with Crippen molar-refractivity contribution in [3.63, 3.8) is 0 Å². The number of aromatic hydroxyl groups is 1. The van der Waals surface area contributed by atoms with Crippen LogP contribution in [0.5, 0.6) is 5.88 Å². The van der Waals surface area contributed by atoms with Crippen LogP contribution >= 0.6 is 22.9 Å². The molecule has 4 heterocycles. The summed E-state index contributed by atoms with van der Waals surface area (Å²) < 4.78 is 8.99. The summed E-state index contributed by atoms with van der Waals surface area (Å²) in [6.45, 7) is 0.312. The van der Waals surface area contributed by atoms with Gasteiger partial charge in [0, 0.05) is 23.7 Å². The van der Waals surface area contributed by atoms with Crippen molar-refractivity contribution in [3.05, 3.63) is 80.4 Å². The molecular weight excluding hydrogens is 462 g/mol. The number of hydrogen-bond donors (Lipinski definition) is 1. The molecule has 0 radical (unpaired) electrons. The van der Waals surface area contributed by atoms with Gasteiger partial charge in [0.05, 0.1) is 11.1 Å². The molecule has 0 saturated heterocycles. The summed E-state index contributed by atoms with van der Waals surface area (Å²) in [5, 5.41) is 15.4. The number of aromatic nitrogens is 5.